The van der Waals surface area contributed by atoms with Crippen LogP contribution < -0.4 is 0 Å². The minimum absolute atomic E-state index is 0.00752. The number of hydrogen-bond acceptors (Lipinski definition) is 4. The molecule has 0 aliphatic carbocycles. The van der Waals surface area contributed by atoms with Crippen molar-refractivity contribution in [3.63, 3.8) is 0 Å². The van der Waals surface area contributed by atoms with Crippen LogP contribution in [0.5, 0.6) is 0 Å². The van der Waals surface area contributed by atoms with Gasteiger partial charge in [0.15, 0.2) is 0 Å². The summed E-state index contributed by atoms with van der Waals surface area (Å²) in [6.45, 7) is 2.28. The van der Waals surface area contributed by atoms with Crippen molar-refractivity contribution in [2.45, 2.75) is 31.8 Å². The Morgan fingerprint density at radius 1 is 1.43 bits per heavy atom. The molecule has 0 saturated carbocycles. The first-order chi connectivity index (χ1) is 9.95. The summed E-state index contributed by atoms with van der Waals surface area (Å²) < 4.78 is 27.0. The van der Waals surface area contributed by atoms with E-state index in [0.29, 0.717) is 26.1 Å². The minimum Gasteiger partial charge on any atom is -0.343 e. The predicted octanol–water partition coefficient (Wildman–Crippen LogP) is 0.212. The number of fused-ring (bicyclic) bond motifs is 1. The van der Waals surface area contributed by atoms with Gasteiger partial charge in [-0.3, -0.25) is 9.48 Å². The third-order valence-corrected chi connectivity index (χ3v) is 5.44. The Kier molecular flexibility index (Phi) is 3.75. The molecule has 2 aliphatic rings. The maximum atomic E-state index is 11.8. The number of likely N-dealkylation sites (tertiary alicyclic amines) is 1. The highest BCUT2D eigenvalue weighted by atomic mass is 32.2. The van der Waals surface area contributed by atoms with Gasteiger partial charge < -0.3 is 4.90 Å². The fourth-order valence-corrected chi connectivity index (χ4v) is 3.87. The highest BCUT2D eigenvalue weighted by Gasteiger charge is 2.31. The van der Waals surface area contributed by atoms with Crippen LogP contribution in [-0.2, 0) is 21.4 Å². The molecule has 1 aromatic heterocycles. The number of aromatic nitrogens is 2. The second-order valence-electron chi connectivity index (χ2n) is 5.75. The van der Waals surface area contributed by atoms with Crippen LogP contribution in [-0.4, -0.2) is 59.2 Å². The Morgan fingerprint density at radius 3 is 2.90 bits per heavy atom. The summed E-state index contributed by atoms with van der Waals surface area (Å²) in [6.07, 6.45) is 5.22. The molecule has 1 unspecified atom stereocenters. The maximum Gasteiger partial charge on any atom is 0.222 e. The molecular formula is C13H20N4O3S. The average Bonchev–Trinajstić information content (AvgIpc) is 3.03. The number of carbonyl (C=O) groups is 1. The van der Waals surface area contributed by atoms with E-state index in [2.05, 4.69) is 5.10 Å². The number of nitrogens with zero attached hydrogens (tertiary/aromatic N) is 4. The average molecular weight is 312 g/mol. The van der Waals surface area contributed by atoms with Gasteiger partial charge in [0, 0.05) is 32.3 Å². The lowest BCUT2D eigenvalue weighted by Crippen LogP contribution is -2.42. The number of sulfonamides is 1. The van der Waals surface area contributed by atoms with Gasteiger partial charge in [-0.25, -0.2) is 8.42 Å². The van der Waals surface area contributed by atoms with Gasteiger partial charge in [0.05, 0.1) is 24.5 Å². The van der Waals surface area contributed by atoms with Crippen LogP contribution >= 0.6 is 0 Å². The van der Waals surface area contributed by atoms with Crippen molar-refractivity contribution in [3.8, 4) is 0 Å². The number of amides is 1. The Hall–Kier alpha value is -1.41. The molecule has 1 fully saturated rings. The number of rotatable bonds is 4. The first-order valence-electron chi connectivity index (χ1n) is 7.20. The Bertz CT molecular complexity index is 640. The second kappa shape index (κ2) is 5.42. The topological polar surface area (TPSA) is 75.5 Å². The Balaban J connectivity index is 1.73. The van der Waals surface area contributed by atoms with Gasteiger partial charge in [-0.2, -0.15) is 9.40 Å². The van der Waals surface area contributed by atoms with Crippen molar-refractivity contribution in [3.05, 3.63) is 18.0 Å². The van der Waals surface area contributed by atoms with E-state index in [1.54, 1.807) is 6.20 Å². The smallest absolute Gasteiger partial charge is 0.222 e. The van der Waals surface area contributed by atoms with Crippen LogP contribution in [0.4, 0.5) is 0 Å². The summed E-state index contributed by atoms with van der Waals surface area (Å²) in [6, 6.07) is 1.85. The molecule has 3 rings (SSSR count). The summed E-state index contributed by atoms with van der Waals surface area (Å²) in [5, 5.41) is 4.31. The fourth-order valence-electron chi connectivity index (χ4n) is 3.06. The molecule has 0 aromatic carbocycles. The van der Waals surface area contributed by atoms with Gasteiger partial charge in [0.25, 0.3) is 0 Å². The normalized spacial score (nSPS) is 23.6. The van der Waals surface area contributed by atoms with Gasteiger partial charge in [0.2, 0.25) is 15.9 Å². The SMILES string of the molecule is CS(=O)(=O)N1Cc2ccnn2C(CCN2CCCC2=O)C1. The van der Waals surface area contributed by atoms with E-state index in [9.17, 15) is 13.2 Å². The van der Waals surface area contributed by atoms with Crippen molar-refractivity contribution >= 4 is 15.9 Å². The van der Waals surface area contributed by atoms with Crippen molar-refractivity contribution < 1.29 is 13.2 Å². The lowest BCUT2D eigenvalue weighted by Gasteiger charge is -2.33. The maximum absolute atomic E-state index is 11.8. The summed E-state index contributed by atoms with van der Waals surface area (Å²) in [5.74, 6) is 0.200. The molecule has 3 heterocycles. The first kappa shape index (κ1) is 14.5. The van der Waals surface area contributed by atoms with E-state index in [1.807, 2.05) is 15.6 Å². The molecule has 1 saturated heterocycles. The molecule has 116 valence electrons. The summed E-state index contributed by atoms with van der Waals surface area (Å²) >= 11 is 0. The van der Waals surface area contributed by atoms with E-state index >= 15 is 0 Å². The Labute approximate surface area is 124 Å². The molecule has 1 atom stereocenters. The quantitative estimate of drug-likeness (QED) is 0.796. The molecule has 8 heteroatoms. The van der Waals surface area contributed by atoms with Crippen molar-refractivity contribution in [2.75, 3.05) is 25.9 Å². The van der Waals surface area contributed by atoms with E-state index in [0.717, 1.165) is 25.1 Å². The molecule has 0 N–H and O–H groups in total. The standard InChI is InChI=1S/C13H20N4O3S/c1-21(19,20)16-9-11-4-6-14-17(11)12(10-16)5-8-15-7-2-3-13(15)18/h4,6,12H,2-3,5,7-10H2,1H3. The van der Waals surface area contributed by atoms with Crippen LogP contribution in [0.1, 0.15) is 31.0 Å². The summed E-state index contributed by atoms with van der Waals surface area (Å²) in [5.41, 5.74) is 0.907. The van der Waals surface area contributed by atoms with Gasteiger partial charge in [-0.15, -0.1) is 0 Å². The number of carbonyl (C=O) groups excluding carboxylic acids is 1. The lowest BCUT2D eigenvalue weighted by molar-refractivity contribution is -0.127. The zero-order chi connectivity index (χ0) is 15.0. The van der Waals surface area contributed by atoms with Crippen LogP contribution in [0.25, 0.3) is 0 Å². The van der Waals surface area contributed by atoms with Crippen LogP contribution in [0, 0.1) is 0 Å². The van der Waals surface area contributed by atoms with Gasteiger partial charge in [-0.05, 0) is 18.9 Å². The molecular weight excluding hydrogens is 292 g/mol. The summed E-state index contributed by atoms with van der Waals surface area (Å²) in [4.78, 5) is 13.5. The van der Waals surface area contributed by atoms with E-state index < -0.39 is 10.0 Å². The van der Waals surface area contributed by atoms with Gasteiger partial charge in [0.1, 0.15) is 0 Å². The molecule has 0 spiro atoms. The highest BCUT2D eigenvalue weighted by molar-refractivity contribution is 7.88. The number of hydrogen-bond donors (Lipinski definition) is 0. The molecule has 0 radical (unpaired) electrons. The second-order valence-corrected chi connectivity index (χ2v) is 7.73. The largest absolute Gasteiger partial charge is 0.343 e. The summed E-state index contributed by atoms with van der Waals surface area (Å²) in [7, 11) is -3.22. The van der Waals surface area contributed by atoms with Crippen molar-refractivity contribution in [1.29, 1.82) is 0 Å². The Morgan fingerprint density at radius 2 is 2.24 bits per heavy atom. The predicted molar refractivity (Wildman–Crippen MR) is 76.9 cm³/mol. The van der Waals surface area contributed by atoms with Crippen molar-refractivity contribution in [1.82, 2.24) is 19.0 Å². The molecule has 2 aliphatic heterocycles. The lowest BCUT2D eigenvalue weighted by atomic mass is 10.1. The molecule has 1 amide bonds. The first-order valence-corrected chi connectivity index (χ1v) is 9.05. The van der Waals surface area contributed by atoms with Crippen LogP contribution in [0.3, 0.4) is 0 Å². The van der Waals surface area contributed by atoms with E-state index in [4.69, 9.17) is 0 Å². The molecule has 0 bridgehead atoms. The molecule has 1 aromatic rings. The fraction of sp³-hybridized carbons (Fsp3) is 0.692. The van der Waals surface area contributed by atoms with E-state index in [-0.39, 0.29) is 11.9 Å². The van der Waals surface area contributed by atoms with Gasteiger partial charge >= 0.3 is 0 Å². The minimum atomic E-state index is -3.22. The van der Waals surface area contributed by atoms with Crippen LogP contribution in [0.15, 0.2) is 12.3 Å². The zero-order valence-electron chi connectivity index (χ0n) is 12.1. The highest BCUT2D eigenvalue weighted by Crippen LogP contribution is 2.25. The van der Waals surface area contributed by atoms with E-state index in [1.165, 1.54) is 10.6 Å². The molecule has 21 heavy (non-hydrogen) atoms. The van der Waals surface area contributed by atoms with Gasteiger partial charge in [-0.1, -0.05) is 0 Å². The molecule has 7 nitrogen and oxygen atoms in total. The monoisotopic (exact) mass is 312 g/mol. The van der Waals surface area contributed by atoms with Crippen molar-refractivity contribution in [2.24, 2.45) is 0 Å². The third-order valence-electron chi connectivity index (χ3n) is 4.22. The van der Waals surface area contributed by atoms with Crippen LogP contribution in [0.2, 0.25) is 0 Å². The zero-order valence-corrected chi connectivity index (χ0v) is 12.9. The third kappa shape index (κ3) is 2.96.